The van der Waals surface area contributed by atoms with Gasteiger partial charge in [0.25, 0.3) is 0 Å². The highest BCUT2D eigenvalue weighted by Gasteiger charge is 2.45. The molecule has 0 saturated heterocycles. The molecule has 2 fully saturated rings. The van der Waals surface area contributed by atoms with Crippen LogP contribution in [0.5, 0.6) is 0 Å². The largest absolute Gasteiger partial charge is 0.310 e. The number of benzene rings is 1. The first-order chi connectivity index (χ1) is 10.3. The summed E-state index contributed by atoms with van der Waals surface area (Å²) in [6.45, 7) is 2.39. The second-order valence-corrected chi connectivity index (χ2v) is 7.06. The Morgan fingerprint density at radius 1 is 1.23 bits per heavy atom. The third-order valence-corrected chi connectivity index (χ3v) is 5.49. The van der Waals surface area contributed by atoms with E-state index in [1.807, 2.05) is 4.90 Å². The summed E-state index contributed by atoms with van der Waals surface area (Å²) in [4.78, 5) is 14.7. The predicted octanol–water partition coefficient (Wildman–Crippen LogP) is 3.27. The van der Waals surface area contributed by atoms with Gasteiger partial charge in [0.05, 0.1) is 6.54 Å². The maximum atomic E-state index is 12.6. The third-order valence-electron chi connectivity index (χ3n) is 5.49. The van der Waals surface area contributed by atoms with E-state index < -0.39 is 0 Å². The molecule has 1 aromatic rings. The highest BCUT2D eigenvalue weighted by molar-refractivity contribution is 5.97. The molecule has 4 rings (SSSR count). The molecule has 0 bridgehead atoms. The predicted molar refractivity (Wildman–Crippen MR) is 91.8 cm³/mol. The van der Waals surface area contributed by atoms with Crippen molar-refractivity contribution in [2.75, 3.05) is 24.5 Å². The topological polar surface area (TPSA) is 32.3 Å². The van der Waals surface area contributed by atoms with Crippen LogP contribution in [-0.4, -0.2) is 25.5 Å². The van der Waals surface area contributed by atoms with Crippen molar-refractivity contribution in [2.24, 2.45) is 5.92 Å². The van der Waals surface area contributed by atoms with Gasteiger partial charge in [-0.2, -0.15) is 0 Å². The van der Waals surface area contributed by atoms with E-state index in [4.69, 9.17) is 0 Å². The van der Waals surface area contributed by atoms with Gasteiger partial charge >= 0.3 is 0 Å². The molecule has 2 saturated carbocycles. The van der Waals surface area contributed by atoms with Crippen LogP contribution in [0, 0.1) is 5.92 Å². The number of nitrogens with zero attached hydrogens (tertiary/aromatic N) is 1. The fourth-order valence-corrected chi connectivity index (χ4v) is 4.13. The van der Waals surface area contributed by atoms with Crippen LogP contribution < -0.4 is 10.2 Å². The molecule has 1 N–H and O–H groups in total. The first-order valence-corrected chi connectivity index (χ1v) is 8.39. The van der Waals surface area contributed by atoms with Gasteiger partial charge in [0.2, 0.25) is 5.91 Å². The van der Waals surface area contributed by atoms with Crippen LogP contribution in [0.4, 0.5) is 5.69 Å². The monoisotopic (exact) mass is 320 g/mol. The summed E-state index contributed by atoms with van der Waals surface area (Å²) < 4.78 is 0. The SMILES string of the molecule is Cl.O=C(CNCC1CC1)N1CC2(CCCC2)c2ccccc21. The first-order valence-electron chi connectivity index (χ1n) is 8.39. The van der Waals surface area contributed by atoms with Gasteiger partial charge in [0.15, 0.2) is 0 Å². The van der Waals surface area contributed by atoms with Crippen molar-refractivity contribution in [3.63, 3.8) is 0 Å². The summed E-state index contributed by atoms with van der Waals surface area (Å²) in [5.74, 6) is 1.07. The molecular formula is C18H25ClN2O. The Morgan fingerprint density at radius 3 is 2.68 bits per heavy atom. The van der Waals surface area contributed by atoms with Crippen molar-refractivity contribution in [3.8, 4) is 0 Å². The number of halogens is 1. The normalized spacial score (nSPS) is 21.7. The van der Waals surface area contributed by atoms with E-state index in [1.165, 1.54) is 44.1 Å². The number of hydrogen-bond acceptors (Lipinski definition) is 2. The molecule has 0 aromatic heterocycles. The van der Waals surface area contributed by atoms with E-state index in [0.717, 1.165) is 24.7 Å². The number of para-hydroxylation sites is 1. The van der Waals surface area contributed by atoms with Gasteiger partial charge in [-0.05, 0) is 49.8 Å². The second kappa shape index (κ2) is 6.21. The van der Waals surface area contributed by atoms with Gasteiger partial charge in [-0.25, -0.2) is 0 Å². The first kappa shape index (κ1) is 15.8. The zero-order chi connectivity index (χ0) is 14.3. The molecule has 0 radical (unpaired) electrons. The summed E-state index contributed by atoms with van der Waals surface area (Å²) in [7, 11) is 0. The molecule has 3 aliphatic rings. The lowest BCUT2D eigenvalue weighted by Gasteiger charge is -2.24. The summed E-state index contributed by atoms with van der Waals surface area (Å²) in [5, 5.41) is 3.34. The number of fused-ring (bicyclic) bond motifs is 2. The fourth-order valence-electron chi connectivity index (χ4n) is 4.13. The Kier molecular flexibility index (Phi) is 4.47. The van der Waals surface area contributed by atoms with E-state index in [-0.39, 0.29) is 23.7 Å². The van der Waals surface area contributed by atoms with Gasteiger partial charge in [0.1, 0.15) is 0 Å². The van der Waals surface area contributed by atoms with Crippen LogP contribution in [0.25, 0.3) is 0 Å². The fraction of sp³-hybridized carbons (Fsp3) is 0.611. The number of amides is 1. The molecule has 1 heterocycles. The smallest absolute Gasteiger partial charge is 0.240 e. The number of carbonyl (C=O) groups excluding carboxylic acids is 1. The molecule has 0 unspecified atom stereocenters. The molecule has 4 heteroatoms. The van der Waals surface area contributed by atoms with Crippen LogP contribution in [0.3, 0.4) is 0 Å². The van der Waals surface area contributed by atoms with Crippen LogP contribution in [-0.2, 0) is 10.2 Å². The van der Waals surface area contributed by atoms with E-state index in [0.29, 0.717) is 6.54 Å². The van der Waals surface area contributed by atoms with Crippen LogP contribution in [0.1, 0.15) is 44.1 Å². The van der Waals surface area contributed by atoms with Crippen molar-refractivity contribution < 1.29 is 4.79 Å². The van der Waals surface area contributed by atoms with Crippen LogP contribution >= 0.6 is 12.4 Å². The summed E-state index contributed by atoms with van der Waals surface area (Å²) in [6.07, 6.45) is 7.74. The molecular weight excluding hydrogens is 296 g/mol. The number of anilines is 1. The van der Waals surface area contributed by atoms with Crippen molar-refractivity contribution in [1.82, 2.24) is 5.32 Å². The number of rotatable bonds is 4. The number of carbonyl (C=O) groups is 1. The highest BCUT2D eigenvalue weighted by atomic mass is 35.5. The van der Waals surface area contributed by atoms with Gasteiger partial charge in [-0.3, -0.25) is 4.79 Å². The lowest BCUT2D eigenvalue weighted by Crippen LogP contribution is -2.41. The Hall–Kier alpha value is -1.06. The van der Waals surface area contributed by atoms with Crippen LogP contribution in [0.2, 0.25) is 0 Å². The maximum absolute atomic E-state index is 12.6. The second-order valence-electron chi connectivity index (χ2n) is 7.06. The maximum Gasteiger partial charge on any atom is 0.240 e. The molecule has 120 valence electrons. The van der Waals surface area contributed by atoms with E-state index in [1.54, 1.807) is 0 Å². The minimum Gasteiger partial charge on any atom is -0.310 e. The van der Waals surface area contributed by atoms with Crippen molar-refractivity contribution in [2.45, 2.75) is 43.9 Å². The molecule has 2 aliphatic carbocycles. The molecule has 0 atom stereocenters. The van der Waals surface area contributed by atoms with Crippen molar-refractivity contribution in [1.29, 1.82) is 0 Å². The molecule has 3 nitrogen and oxygen atoms in total. The summed E-state index contributed by atoms with van der Waals surface area (Å²) in [6, 6.07) is 8.55. The molecule has 1 aliphatic heterocycles. The van der Waals surface area contributed by atoms with E-state index in [9.17, 15) is 4.79 Å². The lowest BCUT2D eigenvalue weighted by atomic mass is 9.81. The molecule has 1 aromatic carbocycles. The Morgan fingerprint density at radius 2 is 1.95 bits per heavy atom. The highest BCUT2D eigenvalue weighted by Crippen LogP contribution is 2.50. The van der Waals surface area contributed by atoms with Gasteiger partial charge in [-0.15, -0.1) is 12.4 Å². The minimum absolute atomic E-state index is 0. The molecule has 1 amide bonds. The molecule has 22 heavy (non-hydrogen) atoms. The average Bonchev–Trinajstić information content (AvgIpc) is 3.11. The zero-order valence-electron chi connectivity index (χ0n) is 13.0. The van der Waals surface area contributed by atoms with Crippen LogP contribution in [0.15, 0.2) is 24.3 Å². The van der Waals surface area contributed by atoms with Crippen molar-refractivity contribution >= 4 is 24.0 Å². The van der Waals surface area contributed by atoms with E-state index in [2.05, 4.69) is 29.6 Å². The van der Waals surface area contributed by atoms with E-state index >= 15 is 0 Å². The summed E-state index contributed by atoms with van der Waals surface area (Å²) >= 11 is 0. The quantitative estimate of drug-likeness (QED) is 0.923. The average molecular weight is 321 g/mol. The zero-order valence-corrected chi connectivity index (χ0v) is 13.8. The third kappa shape index (κ3) is 2.77. The molecule has 1 spiro atoms. The minimum atomic E-state index is 0. The summed E-state index contributed by atoms with van der Waals surface area (Å²) in [5.41, 5.74) is 2.83. The van der Waals surface area contributed by atoms with Gasteiger partial charge < -0.3 is 10.2 Å². The standard InChI is InChI=1S/C18H24N2O.ClH/c21-17(12-19-11-14-7-8-14)20-13-18(9-3-4-10-18)15-5-1-2-6-16(15)20;/h1-2,5-6,14,19H,3-4,7-13H2;1H. The van der Waals surface area contributed by atoms with Gasteiger partial charge in [-0.1, -0.05) is 31.0 Å². The lowest BCUT2D eigenvalue weighted by molar-refractivity contribution is -0.117. The Labute approximate surface area is 138 Å². The number of nitrogens with one attached hydrogen (secondary N) is 1. The number of hydrogen-bond donors (Lipinski definition) is 1. The van der Waals surface area contributed by atoms with Gasteiger partial charge in [0, 0.05) is 17.6 Å². The van der Waals surface area contributed by atoms with Crippen molar-refractivity contribution in [3.05, 3.63) is 29.8 Å². The Balaban J connectivity index is 0.00000144. The Bertz CT molecular complexity index is 550.